The van der Waals surface area contributed by atoms with E-state index in [2.05, 4.69) is 41.6 Å². The van der Waals surface area contributed by atoms with E-state index in [1.807, 2.05) is 30.3 Å². The molecule has 2 N–H and O–H groups in total. The van der Waals surface area contributed by atoms with Crippen LogP contribution in [0.4, 0.5) is 5.69 Å². The van der Waals surface area contributed by atoms with Crippen LogP contribution in [0.15, 0.2) is 71.1 Å². The van der Waals surface area contributed by atoms with Gasteiger partial charge in [0.2, 0.25) is 5.89 Å². The van der Waals surface area contributed by atoms with Crippen molar-refractivity contribution in [1.29, 1.82) is 0 Å². The third-order valence-corrected chi connectivity index (χ3v) is 5.71. The van der Waals surface area contributed by atoms with Gasteiger partial charge < -0.3 is 9.73 Å². The van der Waals surface area contributed by atoms with E-state index in [1.165, 1.54) is 5.56 Å². The Balaban J connectivity index is 1.49. The number of rotatable bonds is 5. The lowest BCUT2D eigenvalue weighted by Gasteiger charge is -2.10. The monoisotopic (exact) mass is 463 g/mol. The molecule has 1 unspecified atom stereocenters. The van der Waals surface area contributed by atoms with E-state index in [4.69, 9.17) is 28.2 Å². The average molecular weight is 464 g/mol. The third kappa shape index (κ3) is 4.98. The molecule has 0 radical (unpaired) electrons. The summed E-state index contributed by atoms with van der Waals surface area (Å²) in [5.41, 5.74) is 4.77. The SMILES string of the molecule is CCC(C)c1ccc2oc(-c3cccc(NC(=S)NC(=O)c4cccc(Cl)c4)c3)nc2c1. The standard InChI is InChI=1S/C25H22ClN3O2S/c1-3-15(2)16-10-11-22-21(14-16)28-24(31-22)18-7-5-9-20(13-18)27-25(32)29-23(30)17-6-4-8-19(26)12-17/h4-15H,3H2,1-2H3,(H2,27,29,30,32). The van der Waals surface area contributed by atoms with Crippen molar-refractivity contribution in [3.8, 4) is 11.5 Å². The molecule has 32 heavy (non-hydrogen) atoms. The molecular formula is C25H22ClN3O2S. The fraction of sp³-hybridized carbons (Fsp3) is 0.160. The van der Waals surface area contributed by atoms with Crippen LogP contribution < -0.4 is 10.6 Å². The van der Waals surface area contributed by atoms with E-state index in [0.29, 0.717) is 28.1 Å². The number of halogens is 1. The molecule has 0 bridgehead atoms. The van der Waals surface area contributed by atoms with Crippen molar-refractivity contribution in [3.63, 3.8) is 0 Å². The van der Waals surface area contributed by atoms with Crippen LogP contribution in [0.5, 0.6) is 0 Å². The number of nitrogens with one attached hydrogen (secondary N) is 2. The number of benzene rings is 3. The Kier molecular flexibility index (Phi) is 6.53. The molecule has 0 aliphatic carbocycles. The summed E-state index contributed by atoms with van der Waals surface area (Å²) in [5.74, 6) is 0.659. The first-order valence-electron chi connectivity index (χ1n) is 10.3. The van der Waals surface area contributed by atoms with E-state index >= 15 is 0 Å². The van der Waals surface area contributed by atoms with Crippen LogP contribution in [0.25, 0.3) is 22.6 Å². The molecule has 0 fully saturated rings. The number of fused-ring (bicyclic) bond motifs is 1. The summed E-state index contributed by atoms with van der Waals surface area (Å²) in [5, 5.41) is 6.36. The Morgan fingerprint density at radius 2 is 1.94 bits per heavy atom. The Morgan fingerprint density at radius 3 is 2.72 bits per heavy atom. The van der Waals surface area contributed by atoms with Crippen LogP contribution in [0.1, 0.15) is 42.1 Å². The first kappa shape index (κ1) is 22.0. The maximum Gasteiger partial charge on any atom is 0.257 e. The number of oxazole rings is 1. The van der Waals surface area contributed by atoms with Gasteiger partial charge >= 0.3 is 0 Å². The van der Waals surface area contributed by atoms with E-state index in [9.17, 15) is 4.79 Å². The lowest BCUT2D eigenvalue weighted by atomic mass is 9.98. The van der Waals surface area contributed by atoms with Gasteiger partial charge in [-0.2, -0.15) is 0 Å². The first-order chi connectivity index (χ1) is 15.4. The number of anilines is 1. The van der Waals surface area contributed by atoms with E-state index in [0.717, 1.165) is 23.1 Å². The molecule has 4 rings (SSSR count). The molecule has 4 aromatic rings. The van der Waals surface area contributed by atoms with Gasteiger partial charge in [0.1, 0.15) is 5.52 Å². The molecule has 0 aliphatic rings. The van der Waals surface area contributed by atoms with Gasteiger partial charge in [-0.15, -0.1) is 0 Å². The number of thiocarbonyl (C=S) groups is 1. The molecule has 0 saturated heterocycles. The Labute approximate surface area is 196 Å². The highest BCUT2D eigenvalue weighted by molar-refractivity contribution is 7.80. The highest BCUT2D eigenvalue weighted by Gasteiger charge is 2.13. The fourth-order valence-corrected chi connectivity index (χ4v) is 3.71. The zero-order valence-corrected chi connectivity index (χ0v) is 19.3. The molecule has 1 aromatic heterocycles. The number of aromatic nitrogens is 1. The summed E-state index contributed by atoms with van der Waals surface area (Å²) < 4.78 is 5.96. The van der Waals surface area contributed by atoms with Gasteiger partial charge in [0.25, 0.3) is 5.91 Å². The predicted octanol–water partition coefficient (Wildman–Crippen LogP) is 6.79. The number of nitrogens with zero attached hydrogens (tertiary/aromatic N) is 1. The molecule has 1 amide bonds. The predicted molar refractivity (Wildman–Crippen MR) is 133 cm³/mol. The van der Waals surface area contributed by atoms with Gasteiger partial charge in [-0.25, -0.2) is 4.98 Å². The van der Waals surface area contributed by atoms with Gasteiger partial charge in [-0.05, 0) is 78.7 Å². The number of hydrogen-bond acceptors (Lipinski definition) is 4. The van der Waals surface area contributed by atoms with Crippen LogP contribution >= 0.6 is 23.8 Å². The van der Waals surface area contributed by atoms with Crippen LogP contribution in [0.2, 0.25) is 5.02 Å². The largest absolute Gasteiger partial charge is 0.436 e. The molecule has 5 nitrogen and oxygen atoms in total. The van der Waals surface area contributed by atoms with Crippen molar-refractivity contribution < 1.29 is 9.21 Å². The summed E-state index contributed by atoms with van der Waals surface area (Å²) in [6, 6.07) is 20.3. The number of amides is 1. The molecule has 7 heteroatoms. The zero-order chi connectivity index (χ0) is 22.7. The highest BCUT2D eigenvalue weighted by atomic mass is 35.5. The maximum absolute atomic E-state index is 12.4. The summed E-state index contributed by atoms with van der Waals surface area (Å²) in [6.07, 6.45) is 1.07. The lowest BCUT2D eigenvalue weighted by molar-refractivity contribution is 0.0977. The maximum atomic E-state index is 12.4. The number of carbonyl (C=O) groups is 1. The summed E-state index contributed by atoms with van der Waals surface area (Å²) in [6.45, 7) is 4.37. The van der Waals surface area contributed by atoms with E-state index in [-0.39, 0.29) is 11.0 Å². The molecule has 162 valence electrons. The Morgan fingerprint density at radius 1 is 1.12 bits per heavy atom. The van der Waals surface area contributed by atoms with Crippen LogP contribution in [0, 0.1) is 0 Å². The Hall–Kier alpha value is -3.22. The number of hydrogen-bond donors (Lipinski definition) is 2. The van der Waals surface area contributed by atoms with Crippen LogP contribution in [-0.2, 0) is 0 Å². The second-order valence-corrected chi connectivity index (χ2v) is 8.40. The van der Waals surface area contributed by atoms with Crippen molar-refractivity contribution in [2.24, 2.45) is 0 Å². The van der Waals surface area contributed by atoms with Crippen molar-refractivity contribution in [3.05, 3.63) is 82.9 Å². The molecule has 0 spiro atoms. The molecular weight excluding hydrogens is 442 g/mol. The minimum absolute atomic E-state index is 0.183. The molecule has 1 heterocycles. The summed E-state index contributed by atoms with van der Waals surface area (Å²) in [4.78, 5) is 17.0. The topological polar surface area (TPSA) is 67.2 Å². The van der Waals surface area contributed by atoms with Gasteiger partial charge in [0.05, 0.1) is 0 Å². The Bertz CT molecular complexity index is 1300. The zero-order valence-electron chi connectivity index (χ0n) is 17.7. The van der Waals surface area contributed by atoms with Crippen LogP contribution in [0.3, 0.4) is 0 Å². The van der Waals surface area contributed by atoms with Gasteiger partial charge in [0, 0.05) is 21.8 Å². The second-order valence-electron chi connectivity index (χ2n) is 7.55. The van der Waals surface area contributed by atoms with Crippen molar-refractivity contribution in [2.45, 2.75) is 26.2 Å². The highest BCUT2D eigenvalue weighted by Crippen LogP contribution is 2.29. The fourth-order valence-electron chi connectivity index (χ4n) is 3.31. The number of carbonyl (C=O) groups excluding carboxylic acids is 1. The lowest BCUT2D eigenvalue weighted by Crippen LogP contribution is -2.34. The smallest absolute Gasteiger partial charge is 0.257 e. The minimum Gasteiger partial charge on any atom is -0.436 e. The van der Waals surface area contributed by atoms with Crippen molar-refractivity contribution in [1.82, 2.24) is 10.3 Å². The quantitative estimate of drug-likeness (QED) is 0.319. The summed E-state index contributed by atoms with van der Waals surface area (Å²) >= 11 is 11.2. The average Bonchev–Trinajstić information content (AvgIpc) is 3.22. The van der Waals surface area contributed by atoms with E-state index in [1.54, 1.807) is 24.3 Å². The third-order valence-electron chi connectivity index (χ3n) is 5.27. The molecule has 3 aromatic carbocycles. The minimum atomic E-state index is -0.336. The van der Waals surface area contributed by atoms with Gasteiger partial charge in [0.15, 0.2) is 10.7 Å². The van der Waals surface area contributed by atoms with Crippen molar-refractivity contribution in [2.75, 3.05) is 5.32 Å². The molecule has 0 aliphatic heterocycles. The van der Waals surface area contributed by atoms with Gasteiger partial charge in [-0.1, -0.05) is 43.6 Å². The van der Waals surface area contributed by atoms with Crippen LogP contribution in [-0.4, -0.2) is 16.0 Å². The molecule has 1 atom stereocenters. The van der Waals surface area contributed by atoms with Crippen molar-refractivity contribution >= 4 is 51.6 Å². The van der Waals surface area contributed by atoms with Gasteiger partial charge in [-0.3, -0.25) is 10.1 Å². The first-order valence-corrected chi connectivity index (χ1v) is 11.1. The molecule has 0 saturated carbocycles. The normalized spacial score (nSPS) is 11.8. The summed E-state index contributed by atoms with van der Waals surface area (Å²) in [7, 11) is 0. The van der Waals surface area contributed by atoms with E-state index < -0.39 is 0 Å². The second kappa shape index (κ2) is 9.51.